The highest BCUT2D eigenvalue weighted by Gasteiger charge is 2.35. The second-order valence-electron chi connectivity index (χ2n) is 6.18. The lowest BCUT2D eigenvalue weighted by Crippen LogP contribution is -2.36. The van der Waals surface area contributed by atoms with Crippen molar-refractivity contribution in [1.29, 1.82) is 0 Å². The SMILES string of the molecule is Cc1c(N2C[C@H](CNc3ccon3)OC2=O)ccc2c1OCC(=O)N2C.[HH]. The highest BCUT2D eigenvalue weighted by Crippen LogP contribution is 2.40. The third-order valence-electron chi connectivity index (χ3n) is 4.55. The summed E-state index contributed by atoms with van der Waals surface area (Å²) in [5.74, 6) is 1.09. The number of amides is 2. The molecule has 0 bridgehead atoms. The van der Waals surface area contributed by atoms with Crippen molar-refractivity contribution in [2.45, 2.75) is 13.0 Å². The van der Waals surface area contributed by atoms with E-state index in [1.165, 1.54) is 6.26 Å². The molecule has 9 nitrogen and oxygen atoms in total. The first kappa shape index (κ1) is 16.2. The Hall–Kier alpha value is -3.23. The minimum absolute atomic E-state index is 0. The number of anilines is 3. The summed E-state index contributed by atoms with van der Waals surface area (Å²) in [6.45, 7) is 2.68. The van der Waals surface area contributed by atoms with Crippen LogP contribution < -0.4 is 19.9 Å². The van der Waals surface area contributed by atoms with Crippen LogP contribution in [-0.4, -0.2) is 50.0 Å². The maximum atomic E-state index is 12.3. The number of cyclic esters (lactones) is 1. The summed E-state index contributed by atoms with van der Waals surface area (Å²) in [5.41, 5.74) is 2.20. The zero-order valence-corrected chi connectivity index (χ0v) is 14.4. The van der Waals surface area contributed by atoms with Gasteiger partial charge in [-0.1, -0.05) is 5.16 Å². The van der Waals surface area contributed by atoms with Gasteiger partial charge in [-0.2, -0.15) is 0 Å². The first-order valence-electron chi connectivity index (χ1n) is 8.20. The molecule has 0 saturated carbocycles. The fourth-order valence-electron chi connectivity index (χ4n) is 3.12. The molecule has 0 radical (unpaired) electrons. The second-order valence-corrected chi connectivity index (χ2v) is 6.18. The van der Waals surface area contributed by atoms with Gasteiger partial charge in [0, 0.05) is 20.1 Å². The maximum Gasteiger partial charge on any atom is 0.414 e. The maximum absolute atomic E-state index is 12.3. The van der Waals surface area contributed by atoms with Crippen LogP contribution in [-0.2, 0) is 9.53 Å². The van der Waals surface area contributed by atoms with Crippen LogP contribution in [0.25, 0.3) is 0 Å². The van der Waals surface area contributed by atoms with Gasteiger partial charge in [0.15, 0.2) is 12.4 Å². The molecule has 2 aliphatic heterocycles. The summed E-state index contributed by atoms with van der Waals surface area (Å²) >= 11 is 0. The second kappa shape index (κ2) is 6.25. The topological polar surface area (TPSA) is 97.1 Å². The first-order valence-corrected chi connectivity index (χ1v) is 8.20. The lowest BCUT2D eigenvalue weighted by Gasteiger charge is -2.29. The van der Waals surface area contributed by atoms with Gasteiger partial charge in [0.25, 0.3) is 5.91 Å². The minimum Gasteiger partial charge on any atom is -0.481 e. The van der Waals surface area contributed by atoms with E-state index < -0.39 is 6.09 Å². The highest BCUT2D eigenvalue weighted by molar-refractivity contribution is 5.99. The molecule has 0 unspecified atom stereocenters. The van der Waals surface area contributed by atoms with Gasteiger partial charge in [-0.25, -0.2) is 4.79 Å². The van der Waals surface area contributed by atoms with E-state index in [4.69, 9.17) is 14.0 Å². The van der Waals surface area contributed by atoms with Gasteiger partial charge in [0.2, 0.25) is 0 Å². The standard InChI is InChI=1S/C17H18N4O5.H2/c1-10-12(3-4-13-16(10)24-9-15(22)20(13)2)21-8-11(26-17(21)23)7-18-14-5-6-25-19-14;/h3-6,11H,7-9H2,1-2H3,(H,18,19);1H/t11-;/m0./s1. The molecule has 1 N–H and O–H groups in total. The van der Waals surface area contributed by atoms with E-state index in [9.17, 15) is 9.59 Å². The van der Waals surface area contributed by atoms with Gasteiger partial charge in [-0.3, -0.25) is 9.69 Å². The van der Waals surface area contributed by atoms with E-state index in [0.29, 0.717) is 36.0 Å². The molecule has 3 heterocycles. The fourth-order valence-corrected chi connectivity index (χ4v) is 3.12. The smallest absolute Gasteiger partial charge is 0.414 e. The lowest BCUT2D eigenvalue weighted by molar-refractivity contribution is -0.121. The molecule has 138 valence electrons. The third kappa shape index (κ3) is 2.71. The van der Waals surface area contributed by atoms with Crippen LogP contribution in [0.1, 0.15) is 6.99 Å². The van der Waals surface area contributed by atoms with Crippen LogP contribution in [0, 0.1) is 6.92 Å². The molecule has 4 rings (SSSR count). The number of fused-ring (bicyclic) bond motifs is 1. The average Bonchev–Trinajstić information content (AvgIpc) is 3.26. The van der Waals surface area contributed by atoms with Crippen molar-refractivity contribution in [3.8, 4) is 5.75 Å². The minimum atomic E-state index is -0.416. The number of carbonyl (C=O) groups excluding carboxylic acids is 2. The molecule has 26 heavy (non-hydrogen) atoms. The molecule has 1 fully saturated rings. The zero-order chi connectivity index (χ0) is 18.3. The quantitative estimate of drug-likeness (QED) is 0.891. The van der Waals surface area contributed by atoms with Crippen molar-refractivity contribution in [2.24, 2.45) is 0 Å². The Morgan fingerprint density at radius 3 is 2.88 bits per heavy atom. The van der Waals surface area contributed by atoms with Gasteiger partial charge < -0.3 is 24.2 Å². The highest BCUT2D eigenvalue weighted by atomic mass is 16.6. The van der Waals surface area contributed by atoms with Crippen LogP contribution in [0.15, 0.2) is 29.0 Å². The fraction of sp³-hybridized carbons (Fsp3) is 0.353. The molecule has 1 aromatic carbocycles. The molecule has 2 aliphatic rings. The summed E-state index contributed by atoms with van der Waals surface area (Å²) in [6, 6.07) is 5.28. The molecule has 1 aromatic heterocycles. The first-order chi connectivity index (χ1) is 12.5. The molecular formula is C17H20N4O5. The van der Waals surface area contributed by atoms with Gasteiger partial charge in [0.1, 0.15) is 18.1 Å². The average molecular weight is 360 g/mol. The predicted octanol–water partition coefficient (Wildman–Crippen LogP) is 2.02. The van der Waals surface area contributed by atoms with Crippen molar-refractivity contribution in [1.82, 2.24) is 5.16 Å². The summed E-state index contributed by atoms with van der Waals surface area (Å²) in [5, 5.41) is 6.82. The van der Waals surface area contributed by atoms with Crippen LogP contribution >= 0.6 is 0 Å². The van der Waals surface area contributed by atoms with Crippen molar-refractivity contribution < 1.29 is 25.0 Å². The molecule has 9 heteroatoms. The molecule has 1 saturated heterocycles. The zero-order valence-electron chi connectivity index (χ0n) is 14.4. The molecule has 2 aromatic rings. The molecule has 0 spiro atoms. The van der Waals surface area contributed by atoms with Crippen molar-refractivity contribution in [2.75, 3.05) is 41.9 Å². The predicted molar refractivity (Wildman–Crippen MR) is 94.8 cm³/mol. The Morgan fingerprint density at radius 1 is 1.31 bits per heavy atom. The van der Waals surface area contributed by atoms with Crippen molar-refractivity contribution >= 4 is 29.2 Å². The van der Waals surface area contributed by atoms with Gasteiger partial charge in [-0.05, 0) is 19.1 Å². The largest absolute Gasteiger partial charge is 0.481 e. The van der Waals surface area contributed by atoms with Crippen molar-refractivity contribution in [3.63, 3.8) is 0 Å². The lowest BCUT2D eigenvalue weighted by atomic mass is 10.1. The van der Waals surface area contributed by atoms with Gasteiger partial charge >= 0.3 is 6.09 Å². The number of nitrogens with one attached hydrogen (secondary N) is 1. The summed E-state index contributed by atoms with van der Waals surface area (Å²) < 4.78 is 15.8. The number of rotatable bonds is 4. The Kier molecular flexibility index (Phi) is 3.90. The van der Waals surface area contributed by atoms with E-state index in [1.807, 2.05) is 6.92 Å². The van der Waals surface area contributed by atoms with E-state index in [2.05, 4.69) is 10.5 Å². The molecule has 0 aliphatic carbocycles. The summed E-state index contributed by atoms with van der Waals surface area (Å²) in [7, 11) is 1.71. The van der Waals surface area contributed by atoms with Crippen LogP contribution in [0.4, 0.5) is 22.0 Å². The van der Waals surface area contributed by atoms with Crippen LogP contribution in [0.3, 0.4) is 0 Å². The van der Waals surface area contributed by atoms with Crippen LogP contribution in [0.2, 0.25) is 0 Å². The number of carbonyl (C=O) groups is 2. The van der Waals surface area contributed by atoms with E-state index in [-0.39, 0.29) is 20.0 Å². The van der Waals surface area contributed by atoms with Gasteiger partial charge in [-0.15, -0.1) is 0 Å². The third-order valence-corrected chi connectivity index (χ3v) is 4.55. The van der Waals surface area contributed by atoms with E-state index in [0.717, 1.165) is 5.56 Å². The number of aromatic nitrogens is 1. The van der Waals surface area contributed by atoms with Gasteiger partial charge in [0.05, 0.1) is 24.5 Å². The molecule has 1 atom stereocenters. The number of nitrogens with zero attached hydrogens (tertiary/aromatic N) is 3. The number of hydrogen-bond donors (Lipinski definition) is 1. The van der Waals surface area contributed by atoms with Crippen LogP contribution in [0.5, 0.6) is 5.75 Å². The Morgan fingerprint density at radius 2 is 2.12 bits per heavy atom. The Labute approximate surface area is 150 Å². The Bertz CT molecular complexity index is 857. The number of benzene rings is 1. The normalized spacial score (nSPS) is 19.2. The number of likely N-dealkylation sites (N-methyl/N-ethyl adjacent to an activating group) is 1. The Balaban J connectivity index is 0.00000210. The number of ether oxygens (including phenoxy) is 2. The van der Waals surface area contributed by atoms with E-state index in [1.54, 1.807) is 35.0 Å². The molecule has 2 amide bonds. The monoisotopic (exact) mass is 360 g/mol. The van der Waals surface area contributed by atoms with E-state index >= 15 is 0 Å². The summed E-state index contributed by atoms with van der Waals surface area (Å²) in [4.78, 5) is 27.2. The van der Waals surface area contributed by atoms with Crippen molar-refractivity contribution in [3.05, 3.63) is 30.0 Å². The summed E-state index contributed by atoms with van der Waals surface area (Å²) in [6.07, 6.45) is 0.730. The number of hydrogen-bond acceptors (Lipinski definition) is 7. The molecular weight excluding hydrogens is 340 g/mol.